The van der Waals surface area contributed by atoms with E-state index in [2.05, 4.69) is 45.5 Å². The van der Waals surface area contributed by atoms with Crippen LogP contribution in [0.25, 0.3) is 16.6 Å². The molecule has 1 aliphatic heterocycles. The van der Waals surface area contributed by atoms with Crippen LogP contribution in [0.15, 0.2) is 24.3 Å². The van der Waals surface area contributed by atoms with Gasteiger partial charge in [0.25, 0.3) is 0 Å². The number of benzene rings is 1. The van der Waals surface area contributed by atoms with Gasteiger partial charge in [0, 0.05) is 22.9 Å². The molecule has 1 unspecified atom stereocenters. The molecule has 1 saturated heterocycles. The van der Waals surface area contributed by atoms with Crippen LogP contribution >= 0.6 is 11.6 Å². The molecule has 0 radical (unpaired) electrons. The molecule has 0 N–H and O–H groups in total. The number of hydrogen-bond donors (Lipinski definition) is 0. The summed E-state index contributed by atoms with van der Waals surface area (Å²) in [6.45, 7) is 7.69. The van der Waals surface area contributed by atoms with Crippen LogP contribution in [0.3, 0.4) is 0 Å². The van der Waals surface area contributed by atoms with Crippen LogP contribution < -0.4 is 0 Å². The Morgan fingerprint density at radius 3 is 2.96 bits per heavy atom. The Balaban J connectivity index is 1.92. The Kier molecular flexibility index (Phi) is 3.74. The molecule has 3 aromatic rings. The zero-order valence-electron chi connectivity index (χ0n) is 13.6. The lowest BCUT2D eigenvalue weighted by molar-refractivity contribution is 0.213. The molecule has 1 atom stereocenters. The maximum atomic E-state index is 6.26. The number of pyridine rings is 1. The first-order valence-corrected chi connectivity index (χ1v) is 8.71. The maximum Gasteiger partial charge on any atom is 0.161 e. The van der Waals surface area contributed by atoms with Crippen LogP contribution in [-0.2, 0) is 0 Å². The van der Waals surface area contributed by atoms with Crippen LogP contribution in [0.5, 0.6) is 0 Å². The summed E-state index contributed by atoms with van der Waals surface area (Å²) < 4.78 is 2.21. The Morgan fingerprint density at radius 2 is 2.13 bits per heavy atom. The van der Waals surface area contributed by atoms with E-state index < -0.39 is 0 Å². The number of hydrogen-bond acceptors (Lipinski definition) is 3. The molecular formula is C18H21ClN4. The van der Waals surface area contributed by atoms with Gasteiger partial charge >= 0.3 is 0 Å². The van der Waals surface area contributed by atoms with E-state index in [1.165, 1.54) is 30.3 Å². The lowest BCUT2D eigenvalue weighted by atomic mass is 9.97. The van der Waals surface area contributed by atoms with Gasteiger partial charge in [-0.25, -0.2) is 0 Å². The molecule has 2 aromatic heterocycles. The van der Waals surface area contributed by atoms with E-state index in [1.807, 2.05) is 12.1 Å². The molecule has 1 fully saturated rings. The van der Waals surface area contributed by atoms with Crippen molar-refractivity contribution in [1.82, 2.24) is 19.5 Å². The van der Waals surface area contributed by atoms with Gasteiger partial charge in [0.15, 0.2) is 5.65 Å². The molecule has 3 heterocycles. The molecule has 4 rings (SSSR count). The monoisotopic (exact) mass is 328 g/mol. The molecule has 4 nitrogen and oxygen atoms in total. The molecule has 0 amide bonds. The molecule has 23 heavy (non-hydrogen) atoms. The van der Waals surface area contributed by atoms with Crippen molar-refractivity contribution in [2.24, 2.45) is 0 Å². The average Bonchev–Trinajstić information content (AvgIpc) is 2.98. The molecule has 0 aliphatic carbocycles. The Bertz CT molecular complexity index is 870. The van der Waals surface area contributed by atoms with Crippen molar-refractivity contribution < 1.29 is 0 Å². The minimum Gasteiger partial charge on any atom is -0.303 e. The second kappa shape index (κ2) is 5.77. The normalized spacial score (nSPS) is 19.7. The Hall–Kier alpha value is -1.65. The van der Waals surface area contributed by atoms with Gasteiger partial charge < -0.3 is 4.90 Å². The van der Waals surface area contributed by atoms with Crippen molar-refractivity contribution in [2.45, 2.75) is 32.6 Å². The van der Waals surface area contributed by atoms with Gasteiger partial charge in [-0.15, -0.1) is 10.2 Å². The van der Waals surface area contributed by atoms with E-state index in [0.29, 0.717) is 5.92 Å². The van der Waals surface area contributed by atoms with Gasteiger partial charge in [0.2, 0.25) is 0 Å². The first-order valence-electron chi connectivity index (χ1n) is 8.33. The average molecular weight is 329 g/mol. The van der Waals surface area contributed by atoms with Gasteiger partial charge in [-0.05, 0) is 56.6 Å². The van der Waals surface area contributed by atoms with Crippen molar-refractivity contribution in [2.75, 3.05) is 19.6 Å². The van der Waals surface area contributed by atoms with E-state index in [9.17, 15) is 0 Å². The van der Waals surface area contributed by atoms with Crippen LogP contribution in [-0.4, -0.2) is 39.1 Å². The predicted molar refractivity (Wildman–Crippen MR) is 94.3 cm³/mol. The zero-order valence-corrected chi connectivity index (χ0v) is 14.3. The smallest absolute Gasteiger partial charge is 0.161 e. The fraction of sp³-hybridized carbons (Fsp3) is 0.444. The topological polar surface area (TPSA) is 33.4 Å². The summed E-state index contributed by atoms with van der Waals surface area (Å²) in [5, 5.41) is 11.0. The number of nitrogens with zero attached hydrogens (tertiary/aromatic N) is 4. The lowest BCUT2D eigenvalue weighted by Gasteiger charge is -2.31. The van der Waals surface area contributed by atoms with Crippen molar-refractivity contribution in [3.05, 3.63) is 40.7 Å². The fourth-order valence-corrected chi connectivity index (χ4v) is 3.93. The number of halogens is 1. The van der Waals surface area contributed by atoms with Crippen molar-refractivity contribution in [1.29, 1.82) is 0 Å². The van der Waals surface area contributed by atoms with Crippen LogP contribution in [0, 0.1) is 6.92 Å². The SMILES string of the molecule is CCN1CCCC(c2nnc3cc(C)c4ccc(Cl)cc4n23)C1. The van der Waals surface area contributed by atoms with Crippen molar-refractivity contribution >= 4 is 28.2 Å². The van der Waals surface area contributed by atoms with Crippen molar-refractivity contribution in [3.63, 3.8) is 0 Å². The maximum absolute atomic E-state index is 6.26. The number of likely N-dealkylation sites (tertiary alicyclic amines) is 1. The Morgan fingerprint density at radius 1 is 1.26 bits per heavy atom. The van der Waals surface area contributed by atoms with Gasteiger partial charge in [0.1, 0.15) is 5.82 Å². The number of likely N-dealkylation sites (N-methyl/N-ethyl adjacent to an activating group) is 1. The summed E-state index contributed by atoms with van der Waals surface area (Å²) in [7, 11) is 0. The molecule has 1 aliphatic rings. The third-order valence-electron chi connectivity index (χ3n) is 5.00. The highest BCUT2D eigenvalue weighted by atomic mass is 35.5. The fourth-order valence-electron chi connectivity index (χ4n) is 3.76. The second-order valence-electron chi connectivity index (χ2n) is 6.47. The molecular weight excluding hydrogens is 308 g/mol. The van der Waals surface area contributed by atoms with E-state index in [4.69, 9.17) is 11.6 Å². The molecule has 120 valence electrons. The first kappa shape index (κ1) is 14.9. The van der Waals surface area contributed by atoms with Crippen molar-refractivity contribution in [3.8, 4) is 0 Å². The number of rotatable bonds is 2. The number of aromatic nitrogens is 3. The third-order valence-corrected chi connectivity index (χ3v) is 5.24. The van der Waals surface area contributed by atoms with E-state index in [-0.39, 0.29) is 0 Å². The second-order valence-corrected chi connectivity index (χ2v) is 6.91. The van der Waals surface area contributed by atoms with Gasteiger partial charge in [-0.1, -0.05) is 24.6 Å². The minimum atomic E-state index is 0.434. The van der Waals surface area contributed by atoms with Crippen LogP contribution in [0.4, 0.5) is 0 Å². The van der Waals surface area contributed by atoms with Crippen LogP contribution in [0.2, 0.25) is 5.02 Å². The van der Waals surface area contributed by atoms with E-state index >= 15 is 0 Å². The van der Waals surface area contributed by atoms with Gasteiger partial charge in [-0.2, -0.15) is 0 Å². The Labute approximate surface area is 141 Å². The van der Waals surface area contributed by atoms with Crippen LogP contribution in [0.1, 0.15) is 37.1 Å². The summed E-state index contributed by atoms with van der Waals surface area (Å²) in [6, 6.07) is 8.19. The standard InChI is InChI=1S/C18H21ClN4/c1-3-22-8-4-5-13(11-22)18-21-20-17-9-12(2)15-7-6-14(19)10-16(15)23(17)18/h6-7,9-10,13H,3-5,8,11H2,1-2H3. The summed E-state index contributed by atoms with van der Waals surface area (Å²) >= 11 is 6.26. The quantitative estimate of drug-likeness (QED) is 0.711. The van der Waals surface area contributed by atoms with Gasteiger partial charge in [0.05, 0.1) is 5.52 Å². The molecule has 0 saturated carbocycles. The molecule has 0 bridgehead atoms. The third kappa shape index (κ3) is 2.50. The summed E-state index contributed by atoms with van der Waals surface area (Å²) in [6.07, 6.45) is 2.39. The predicted octanol–water partition coefficient (Wildman–Crippen LogP) is 4.04. The summed E-state index contributed by atoms with van der Waals surface area (Å²) in [5.74, 6) is 1.51. The largest absolute Gasteiger partial charge is 0.303 e. The lowest BCUT2D eigenvalue weighted by Crippen LogP contribution is -2.34. The molecule has 5 heteroatoms. The highest BCUT2D eigenvalue weighted by Crippen LogP contribution is 2.30. The molecule has 0 spiro atoms. The summed E-state index contributed by atoms with van der Waals surface area (Å²) in [4.78, 5) is 2.50. The summed E-state index contributed by atoms with van der Waals surface area (Å²) in [5.41, 5.74) is 3.24. The van der Waals surface area contributed by atoms with E-state index in [1.54, 1.807) is 0 Å². The molecule has 1 aromatic carbocycles. The number of piperidine rings is 1. The highest BCUT2D eigenvalue weighted by Gasteiger charge is 2.25. The number of fused-ring (bicyclic) bond motifs is 3. The first-order chi connectivity index (χ1) is 11.2. The minimum absolute atomic E-state index is 0.434. The number of aryl methyl sites for hydroxylation is 1. The van der Waals surface area contributed by atoms with E-state index in [0.717, 1.165) is 35.1 Å². The highest BCUT2D eigenvalue weighted by molar-refractivity contribution is 6.31. The zero-order chi connectivity index (χ0) is 16.0. The van der Waals surface area contributed by atoms with Gasteiger partial charge in [-0.3, -0.25) is 4.40 Å².